The molecule has 1 atom stereocenters. The molecule has 0 spiro atoms. The average Bonchev–Trinajstić information content (AvgIpc) is 3.27. The highest BCUT2D eigenvalue weighted by molar-refractivity contribution is 7.09. The lowest BCUT2D eigenvalue weighted by atomic mass is 10.1. The van der Waals surface area contributed by atoms with Crippen LogP contribution in [-0.4, -0.2) is 22.6 Å². The Morgan fingerprint density at radius 3 is 2.80 bits per heavy atom. The number of aryl methyl sites for hydroxylation is 2. The molecule has 1 aromatic carbocycles. The predicted octanol–water partition coefficient (Wildman–Crippen LogP) is 3.86. The van der Waals surface area contributed by atoms with Crippen LogP contribution in [0, 0.1) is 13.8 Å². The maximum Gasteiger partial charge on any atom is 0.231 e. The fourth-order valence-corrected chi connectivity index (χ4v) is 4.00. The van der Waals surface area contributed by atoms with Crippen LogP contribution in [0.2, 0.25) is 0 Å². The number of rotatable bonds is 4. The van der Waals surface area contributed by atoms with Gasteiger partial charge in [-0.3, -0.25) is 4.79 Å². The van der Waals surface area contributed by atoms with Crippen molar-refractivity contribution in [2.75, 3.05) is 11.4 Å². The maximum atomic E-state index is 12.5. The van der Waals surface area contributed by atoms with Crippen LogP contribution in [0.25, 0.3) is 0 Å². The number of hydrogen-bond donors (Lipinski definition) is 0. The van der Waals surface area contributed by atoms with Gasteiger partial charge in [-0.15, -0.1) is 11.3 Å². The van der Waals surface area contributed by atoms with Crippen LogP contribution in [0.1, 0.15) is 40.1 Å². The number of nitrogens with zero attached hydrogens (tertiary/aromatic N) is 3. The first kappa shape index (κ1) is 16.0. The topological polar surface area (TPSA) is 59.2 Å². The SMILES string of the molecule is Cc1cc(C)cc(N2CC(c3noc(Cc4cccs4)n3)CC2=O)c1. The van der Waals surface area contributed by atoms with Crippen molar-refractivity contribution < 1.29 is 9.32 Å². The summed E-state index contributed by atoms with van der Waals surface area (Å²) in [5.41, 5.74) is 3.26. The van der Waals surface area contributed by atoms with Crippen molar-refractivity contribution in [2.24, 2.45) is 0 Å². The lowest BCUT2D eigenvalue weighted by Gasteiger charge is -2.17. The molecule has 6 heteroatoms. The van der Waals surface area contributed by atoms with E-state index in [1.54, 1.807) is 11.3 Å². The van der Waals surface area contributed by atoms with Gasteiger partial charge >= 0.3 is 0 Å². The summed E-state index contributed by atoms with van der Waals surface area (Å²) in [5.74, 6) is 1.33. The van der Waals surface area contributed by atoms with Gasteiger partial charge in [0.1, 0.15) is 0 Å². The van der Waals surface area contributed by atoms with E-state index in [9.17, 15) is 4.79 Å². The van der Waals surface area contributed by atoms with Gasteiger partial charge in [-0.1, -0.05) is 17.3 Å². The van der Waals surface area contributed by atoms with Gasteiger partial charge in [-0.25, -0.2) is 0 Å². The molecule has 2 aromatic heterocycles. The molecule has 1 unspecified atom stereocenters. The van der Waals surface area contributed by atoms with E-state index in [0.717, 1.165) is 16.8 Å². The molecule has 3 heterocycles. The van der Waals surface area contributed by atoms with E-state index in [-0.39, 0.29) is 11.8 Å². The Morgan fingerprint density at radius 1 is 1.28 bits per heavy atom. The van der Waals surface area contributed by atoms with Gasteiger partial charge in [0.15, 0.2) is 5.82 Å². The molecule has 5 nitrogen and oxygen atoms in total. The van der Waals surface area contributed by atoms with Crippen molar-refractivity contribution in [1.29, 1.82) is 0 Å². The minimum Gasteiger partial charge on any atom is -0.339 e. The third-order valence-corrected chi connectivity index (χ3v) is 5.27. The minimum atomic E-state index is -0.0193. The van der Waals surface area contributed by atoms with Crippen molar-refractivity contribution in [1.82, 2.24) is 10.1 Å². The normalized spacial score (nSPS) is 17.4. The second-order valence-corrected chi connectivity index (χ2v) is 7.59. The van der Waals surface area contributed by atoms with E-state index < -0.39 is 0 Å². The zero-order valence-corrected chi connectivity index (χ0v) is 15.0. The van der Waals surface area contributed by atoms with E-state index in [1.165, 1.54) is 4.88 Å². The lowest BCUT2D eigenvalue weighted by molar-refractivity contribution is -0.117. The zero-order valence-electron chi connectivity index (χ0n) is 14.2. The van der Waals surface area contributed by atoms with Gasteiger partial charge in [0.2, 0.25) is 11.8 Å². The van der Waals surface area contributed by atoms with Gasteiger partial charge in [0.05, 0.1) is 6.42 Å². The Labute approximate surface area is 150 Å². The summed E-state index contributed by atoms with van der Waals surface area (Å²) in [4.78, 5) is 20.0. The minimum absolute atomic E-state index is 0.0193. The van der Waals surface area contributed by atoms with Gasteiger partial charge in [-0.05, 0) is 48.6 Å². The van der Waals surface area contributed by atoms with Crippen LogP contribution in [0.4, 0.5) is 5.69 Å². The molecule has 25 heavy (non-hydrogen) atoms. The summed E-state index contributed by atoms with van der Waals surface area (Å²) in [7, 11) is 0. The Hall–Kier alpha value is -2.47. The molecule has 1 aliphatic heterocycles. The Balaban J connectivity index is 1.51. The Morgan fingerprint density at radius 2 is 2.08 bits per heavy atom. The monoisotopic (exact) mass is 353 g/mol. The molecule has 3 aromatic rings. The van der Waals surface area contributed by atoms with Crippen LogP contribution in [0.5, 0.6) is 0 Å². The van der Waals surface area contributed by atoms with Gasteiger partial charge in [-0.2, -0.15) is 4.98 Å². The molecular formula is C19H19N3O2S. The largest absolute Gasteiger partial charge is 0.339 e. The maximum absolute atomic E-state index is 12.5. The molecule has 1 aliphatic rings. The van der Waals surface area contributed by atoms with Gasteiger partial charge in [0, 0.05) is 29.4 Å². The van der Waals surface area contributed by atoms with Crippen LogP contribution in [0.3, 0.4) is 0 Å². The second-order valence-electron chi connectivity index (χ2n) is 6.55. The summed E-state index contributed by atoms with van der Waals surface area (Å²) in [6.07, 6.45) is 1.07. The summed E-state index contributed by atoms with van der Waals surface area (Å²) in [6.45, 7) is 4.69. The van der Waals surface area contributed by atoms with E-state index in [4.69, 9.17) is 4.52 Å². The summed E-state index contributed by atoms with van der Waals surface area (Å²) in [6, 6.07) is 10.3. The molecule has 1 saturated heterocycles. The highest BCUT2D eigenvalue weighted by Gasteiger charge is 2.34. The number of aromatic nitrogens is 2. The molecule has 1 fully saturated rings. The van der Waals surface area contributed by atoms with Gasteiger partial charge in [0.25, 0.3) is 0 Å². The predicted molar refractivity (Wildman–Crippen MR) is 97.1 cm³/mol. The fraction of sp³-hybridized carbons (Fsp3) is 0.316. The highest BCUT2D eigenvalue weighted by Crippen LogP contribution is 2.31. The number of hydrogen-bond acceptors (Lipinski definition) is 5. The van der Waals surface area contributed by atoms with Crippen molar-refractivity contribution in [3.05, 3.63) is 63.4 Å². The number of benzene rings is 1. The standard InChI is InChI=1S/C19H19N3O2S/c1-12-6-13(2)8-15(7-12)22-11-14(9-18(22)23)19-20-17(24-21-19)10-16-4-3-5-25-16/h3-8,14H,9-11H2,1-2H3. The first-order valence-electron chi connectivity index (χ1n) is 8.32. The van der Waals surface area contributed by atoms with E-state index >= 15 is 0 Å². The third kappa shape index (κ3) is 3.35. The molecule has 0 saturated carbocycles. The number of thiophene rings is 1. The fourth-order valence-electron chi connectivity index (χ4n) is 3.30. The Bertz CT molecular complexity index is 881. The summed E-state index contributed by atoms with van der Waals surface area (Å²) < 4.78 is 5.38. The molecule has 0 aliphatic carbocycles. The number of carbonyl (C=O) groups is 1. The van der Waals surface area contributed by atoms with Crippen molar-refractivity contribution in [3.8, 4) is 0 Å². The molecule has 0 radical (unpaired) electrons. The highest BCUT2D eigenvalue weighted by atomic mass is 32.1. The summed E-state index contributed by atoms with van der Waals surface area (Å²) >= 11 is 1.67. The average molecular weight is 353 g/mol. The van der Waals surface area contributed by atoms with Crippen molar-refractivity contribution in [3.63, 3.8) is 0 Å². The number of carbonyl (C=O) groups excluding carboxylic acids is 1. The quantitative estimate of drug-likeness (QED) is 0.715. The lowest BCUT2D eigenvalue weighted by Crippen LogP contribution is -2.24. The molecule has 0 bridgehead atoms. The number of amides is 1. The first-order chi connectivity index (χ1) is 12.1. The van der Waals surface area contributed by atoms with E-state index in [2.05, 4.69) is 22.3 Å². The molecule has 0 N–H and O–H groups in total. The van der Waals surface area contributed by atoms with Crippen molar-refractivity contribution >= 4 is 22.9 Å². The third-order valence-electron chi connectivity index (χ3n) is 4.40. The smallest absolute Gasteiger partial charge is 0.231 e. The molecule has 1 amide bonds. The molecule has 128 valence electrons. The molecular weight excluding hydrogens is 334 g/mol. The summed E-state index contributed by atoms with van der Waals surface area (Å²) in [5, 5.41) is 6.15. The Kier molecular flexibility index (Phi) is 4.13. The second kappa shape index (κ2) is 6.44. The molecule has 4 rings (SSSR count). The van der Waals surface area contributed by atoms with Crippen LogP contribution in [-0.2, 0) is 11.2 Å². The van der Waals surface area contributed by atoms with Gasteiger partial charge < -0.3 is 9.42 Å². The first-order valence-corrected chi connectivity index (χ1v) is 9.20. The van der Waals surface area contributed by atoms with E-state index in [0.29, 0.717) is 31.1 Å². The van der Waals surface area contributed by atoms with Crippen LogP contribution in [0.15, 0.2) is 40.2 Å². The number of anilines is 1. The van der Waals surface area contributed by atoms with Crippen LogP contribution >= 0.6 is 11.3 Å². The van der Waals surface area contributed by atoms with Crippen LogP contribution < -0.4 is 4.90 Å². The zero-order chi connectivity index (χ0) is 17.4. The van der Waals surface area contributed by atoms with E-state index in [1.807, 2.05) is 42.3 Å². The van der Waals surface area contributed by atoms with Crippen molar-refractivity contribution in [2.45, 2.75) is 32.6 Å².